The van der Waals surface area contributed by atoms with Gasteiger partial charge in [0.1, 0.15) is 6.29 Å². The molecule has 0 amide bonds. The molecule has 2 nitrogen and oxygen atoms in total. The van der Waals surface area contributed by atoms with Crippen LogP contribution in [0.5, 0.6) is 0 Å². The lowest BCUT2D eigenvalue weighted by Gasteiger charge is -2.05. The van der Waals surface area contributed by atoms with Crippen molar-refractivity contribution in [2.45, 2.75) is 12.2 Å². The van der Waals surface area contributed by atoms with Crippen LogP contribution in [0.3, 0.4) is 0 Å². The van der Waals surface area contributed by atoms with Crippen molar-refractivity contribution in [3.8, 4) is 0 Å². The minimum absolute atomic E-state index is 0.130. The average molecular weight is 147 g/mol. The lowest BCUT2D eigenvalue weighted by Crippen LogP contribution is -2.24. The highest BCUT2D eigenvalue weighted by atomic mass is 32.2. The van der Waals surface area contributed by atoms with Crippen LogP contribution in [0.4, 0.5) is 0 Å². The summed E-state index contributed by atoms with van der Waals surface area (Å²) < 4.78 is 0. The van der Waals surface area contributed by atoms with Crippen LogP contribution in [0.1, 0.15) is 6.92 Å². The molecule has 54 valence electrons. The molecule has 0 aromatic rings. The third kappa shape index (κ3) is 4.48. The Morgan fingerprint density at radius 2 is 2.44 bits per heavy atom. The normalized spacial score (nSPS) is 13.1. The van der Waals surface area contributed by atoms with Crippen LogP contribution in [-0.4, -0.2) is 30.9 Å². The van der Waals surface area contributed by atoms with Gasteiger partial charge >= 0.3 is 0 Å². The summed E-state index contributed by atoms with van der Waals surface area (Å²) in [5.74, 6) is 0. The second-order valence-corrected chi connectivity index (χ2v) is 2.79. The van der Waals surface area contributed by atoms with Crippen LogP contribution in [-0.2, 0) is 4.79 Å². The van der Waals surface area contributed by atoms with Crippen molar-refractivity contribution in [2.75, 3.05) is 19.3 Å². The molecule has 0 aliphatic rings. The SMILES string of the molecule is CCNCC(C=O)SC. The fourth-order valence-electron chi connectivity index (χ4n) is 0.474. The van der Waals surface area contributed by atoms with Gasteiger partial charge in [-0.1, -0.05) is 6.92 Å². The Balaban J connectivity index is 3.20. The molecule has 0 aromatic carbocycles. The van der Waals surface area contributed by atoms with Crippen molar-refractivity contribution in [3.05, 3.63) is 0 Å². The van der Waals surface area contributed by atoms with Crippen molar-refractivity contribution in [2.24, 2.45) is 0 Å². The van der Waals surface area contributed by atoms with Crippen molar-refractivity contribution in [1.82, 2.24) is 5.32 Å². The van der Waals surface area contributed by atoms with Crippen molar-refractivity contribution >= 4 is 18.0 Å². The van der Waals surface area contributed by atoms with E-state index in [0.29, 0.717) is 0 Å². The van der Waals surface area contributed by atoms with Gasteiger partial charge < -0.3 is 10.1 Å². The highest BCUT2D eigenvalue weighted by molar-refractivity contribution is 7.99. The summed E-state index contributed by atoms with van der Waals surface area (Å²) in [4.78, 5) is 10.2. The number of rotatable bonds is 5. The molecule has 0 fully saturated rings. The summed E-state index contributed by atoms with van der Waals surface area (Å²) in [5, 5.41) is 3.23. The Bertz CT molecular complexity index is 77.5. The first kappa shape index (κ1) is 8.98. The Morgan fingerprint density at radius 3 is 2.78 bits per heavy atom. The van der Waals surface area contributed by atoms with E-state index in [1.807, 2.05) is 13.2 Å². The maximum Gasteiger partial charge on any atom is 0.134 e. The van der Waals surface area contributed by atoms with Gasteiger partial charge in [-0.3, -0.25) is 0 Å². The quantitative estimate of drug-likeness (QED) is 0.575. The van der Waals surface area contributed by atoms with E-state index in [1.165, 1.54) is 0 Å². The molecule has 0 rings (SSSR count). The van der Waals surface area contributed by atoms with Crippen LogP contribution in [0.15, 0.2) is 0 Å². The predicted molar refractivity (Wildman–Crippen MR) is 41.9 cm³/mol. The Morgan fingerprint density at radius 1 is 1.78 bits per heavy atom. The zero-order chi connectivity index (χ0) is 7.11. The van der Waals surface area contributed by atoms with Gasteiger partial charge in [0, 0.05) is 6.54 Å². The molecule has 0 aliphatic heterocycles. The minimum atomic E-state index is 0.130. The molecular weight excluding hydrogens is 134 g/mol. The monoisotopic (exact) mass is 147 g/mol. The van der Waals surface area contributed by atoms with Crippen LogP contribution in [0, 0.1) is 0 Å². The standard InChI is InChI=1S/C6H13NOS/c1-3-7-4-6(5-8)9-2/h5-7H,3-4H2,1-2H3. The molecule has 0 spiro atoms. The van der Waals surface area contributed by atoms with Gasteiger partial charge in [-0.15, -0.1) is 0 Å². The van der Waals surface area contributed by atoms with Gasteiger partial charge in [0.2, 0.25) is 0 Å². The molecule has 1 N–H and O–H groups in total. The maximum absolute atomic E-state index is 10.2. The number of carbonyl (C=O) groups is 1. The first-order valence-electron chi connectivity index (χ1n) is 3.04. The number of aldehydes is 1. The molecular formula is C6H13NOS. The van der Waals surface area contributed by atoms with Gasteiger partial charge in [-0.05, 0) is 12.8 Å². The second kappa shape index (κ2) is 6.11. The number of hydrogen-bond acceptors (Lipinski definition) is 3. The number of thioether (sulfide) groups is 1. The fraction of sp³-hybridized carbons (Fsp3) is 0.833. The van der Waals surface area contributed by atoms with Crippen LogP contribution in [0.2, 0.25) is 0 Å². The van der Waals surface area contributed by atoms with Gasteiger partial charge in [0.15, 0.2) is 0 Å². The molecule has 0 aromatic heterocycles. The highest BCUT2D eigenvalue weighted by Gasteiger charge is 2.01. The first-order chi connectivity index (χ1) is 4.35. The third-order valence-corrected chi connectivity index (χ3v) is 1.93. The van der Waals surface area contributed by atoms with E-state index in [9.17, 15) is 4.79 Å². The van der Waals surface area contributed by atoms with E-state index in [0.717, 1.165) is 19.4 Å². The van der Waals surface area contributed by atoms with E-state index in [4.69, 9.17) is 0 Å². The van der Waals surface area contributed by atoms with Crippen LogP contribution < -0.4 is 5.32 Å². The Labute approximate surface area is 60.4 Å². The zero-order valence-corrected chi connectivity index (χ0v) is 6.70. The molecule has 0 aliphatic carbocycles. The van der Waals surface area contributed by atoms with Crippen molar-refractivity contribution < 1.29 is 4.79 Å². The second-order valence-electron chi connectivity index (χ2n) is 1.72. The predicted octanol–water partition coefficient (Wildman–Crippen LogP) is 0.526. The smallest absolute Gasteiger partial charge is 0.134 e. The molecule has 1 unspecified atom stereocenters. The summed E-state index contributed by atoms with van der Waals surface area (Å²) in [6.07, 6.45) is 2.92. The average Bonchev–Trinajstić information content (AvgIpc) is 1.91. The Kier molecular flexibility index (Phi) is 6.09. The Hall–Kier alpha value is -0.0200. The molecule has 0 radical (unpaired) electrons. The molecule has 0 saturated carbocycles. The van der Waals surface area contributed by atoms with Crippen molar-refractivity contribution in [1.29, 1.82) is 0 Å². The largest absolute Gasteiger partial charge is 0.315 e. The maximum atomic E-state index is 10.2. The van der Waals surface area contributed by atoms with Gasteiger partial charge in [0.25, 0.3) is 0 Å². The molecule has 0 heterocycles. The summed E-state index contributed by atoms with van der Waals surface area (Å²) in [6, 6.07) is 0. The van der Waals surface area contributed by atoms with Gasteiger partial charge in [-0.2, -0.15) is 11.8 Å². The lowest BCUT2D eigenvalue weighted by atomic mass is 10.4. The topological polar surface area (TPSA) is 29.1 Å². The van der Waals surface area contributed by atoms with E-state index < -0.39 is 0 Å². The summed E-state index contributed by atoms with van der Waals surface area (Å²) in [7, 11) is 0. The number of carbonyl (C=O) groups excluding carboxylic acids is 1. The van der Waals surface area contributed by atoms with E-state index in [2.05, 4.69) is 5.32 Å². The molecule has 0 saturated heterocycles. The lowest BCUT2D eigenvalue weighted by molar-refractivity contribution is -0.107. The fourth-order valence-corrected chi connectivity index (χ4v) is 0.869. The van der Waals surface area contributed by atoms with Crippen LogP contribution >= 0.6 is 11.8 Å². The van der Waals surface area contributed by atoms with E-state index >= 15 is 0 Å². The number of nitrogens with one attached hydrogen (secondary N) is 1. The molecule has 1 atom stereocenters. The number of hydrogen-bond donors (Lipinski definition) is 1. The van der Waals surface area contributed by atoms with Crippen LogP contribution in [0.25, 0.3) is 0 Å². The van der Waals surface area contributed by atoms with Gasteiger partial charge in [0.05, 0.1) is 5.25 Å². The van der Waals surface area contributed by atoms with Gasteiger partial charge in [-0.25, -0.2) is 0 Å². The third-order valence-electron chi connectivity index (χ3n) is 1.05. The highest BCUT2D eigenvalue weighted by Crippen LogP contribution is 2.00. The van der Waals surface area contributed by atoms with E-state index in [1.54, 1.807) is 11.8 Å². The molecule has 9 heavy (non-hydrogen) atoms. The molecule has 3 heteroatoms. The summed E-state index contributed by atoms with van der Waals surface area (Å²) in [6.45, 7) is 3.76. The minimum Gasteiger partial charge on any atom is -0.315 e. The van der Waals surface area contributed by atoms with E-state index in [-0.39, 0.29) is 5.25 Å². The zero-order valence-electron chi connectivity index (χ0n) is 5.89. The first-order valence-corrected chi connectivity index (χ1v) is 4.32. The van der Waals surface area contributed by atoms with Crippen molar-refractivity contribution in [3.63, 3.8) is 0 Å². The summed E-state index contributed by atoms with van der Waals surface area (Å²) in [5.41, 5.74) is 0. The molecule has 0 bridgehead atoms. The summed E-state index contributed by atoms with van der Waals surface area (Å²) >= 11 is 1.58.